The summed E-state index contributed by atoms with van der Waals surface area (Å²) in [5.41, 5.74) is 12.1. The fourth-order valence-electron chi connectivity index (χ4n) is 3.67. The van der Waals surface area contributed by atoms with E-state index in [9.17, 15) is 13.4 Å². The number of carbonyl (C=O) groups excluding carboxylic acids is 1. The van der Waals surface area contributed by atoms with E-state index >= 15 is 0 Å². The third-order valence-electron chi connectivity index (χ3n) is 5.77. The molecule has 0 fully saturated rings. The number of nitrogens with zero attached hydrogens (tertiary/aromatic N) is 2. The van der Waals surface area contributed by atoms with Crippen LogP contribution in [0.2, 0.25) is 0 Å². The standard InChI is InChI=1S/C28H37BrFN7O6S/c1-19-17-20(44(39)34-8-10-41-12-14-43-16-15-42-13-11-40-9-7-31)5-6-23(19)36-28-33-18-21(29)27(37-28)35-24-4-2-3-22(30)25(24)26(32)38/h2-6,17-18,34H,7-16,31H2,1H3,(H2,32,38)(H2,33,35,36,37). The Morgan fingerprint density at radius 2 is 1.61 bits per heavy atom. The minimum Gasteiger partial charge on any atom is -0.378 e. The predicted molar refractivity (Wildman–Crippen MR) is 169 cm³/mol. The van der Waals surface area contributed by atoms with Gasteiger partial charge in [-0.3, -0.25) is 4.79 Å². The molecule has 1 atom stereocenters. The molecule has 1 heterocycles. The third-order valence-corrected chi connectivity index (χ3v) is 7.50. The number of primary amides is 1. The van der Waals surface area contributed by atoms with Crippen LogP contribution in [0.4, 0.5) is 27.5 Å². The van der Waals surface area contributed by atoms with Crippen LogP contribution in [-0.2, 0) is 29.9 Å². The number of nitrogens with two attached hydrogens (primary N) is 2. The van der Waals surface area contributed by atoms with Crippen LogP contribution in [-0.4, -0.2) is 86.0 Å². The molecule has 16 heteroatoms. The van der Waals surface area contributed by atoms with Gasteiger partial charge in [-0.2, -0.15) is 4.98 Å². The Hall–Kier alpha value is -3.09. The van der Waals surface area contributed by atoms with Gasteiger partial charge in [-0.1, -0.05) is 6.07 Å². The highest BCUT2D eigenvalue weighted by molar-refractivity contribution is 9.10. The zero-order valence-corrected chi connectivity index (χ0v) is 26.7. The molecule has 0 radical (unpaired) electrons. The summed E-state index contributed by atoms with van der Waals surface area (Å²) in [5, 5.41) is 6.05. The molecule has 0 aliphatic rings. The maximum absolute atomic E-state index is 14.2. The number of aromatic nitrogens is 2. The Bertz CT molecular complexity index is 1390. The SMILES string of the molecule is Cc1cc(S(=O)NCCOCCOCCOCCOCCN)ccc1Nc1ncc(Br)c(Nc2cccc(F)c2C(N)=O)n1. The molecular formula is C28H37BrFN7O6S. The highest BCUT2D eigenvalue weighted by Crippen LogP contribution is 2.29. The van der Waals surface area contributed by atoms with Crippen molar-refractivity contribution in [3.63, 3.8) is 0 Å². The minimum atomic E-state index is -1.44. The maximum Gasteiger partial charge on any atom is 0.253 e. The number of halogens is 2. The molecule has 1 aromatic heterocycles. The van der Waals surface area contributed by atoms with Gasteiger partial charge >= 0.3 is 0 Å². The topological polar surface area (TPSA) is 185 Å². The van der Waals surface area contributed by atoms with E-state index in [4.69, 9.17) is 30.4 Å². The summed E-state index contributed by atoms with van der Waals surface area (Å²) in [7, 11) is -1.44. The molecule has 0 bridgehead atoms. The van der Waals surface area contributed by atoms with Crippen LogP contribution >= 0.6 is 15.9 Å². The number of nitrogens with one attached hydrogen (secondary N) is 3. The van der Waals surface area contributed by atoms with Gasteiger partial charge in [-0.15, -0.1) is 0 Å². The average molecular weight is 699 g/mol. The van der Waals surface area contributed by atoms with Crippen molar-refractivity contribution in [2.24, 2.45) is 11.5 Å². The molecule has 0 saturated heterocycles. The molecule has 1 amide bonds. The Balaban J connectivity index is 1.41. The molecule has 7 N–H and O–H groups in total. The monoisotopic (exact) mass is 697 g/mol. The predicted octanol–water partition coefficient (Wildman–Crippen LogP) is 2.91. The van der Waals surface area contributed by atoms with E-state index in [1.54, 1.807) is 18.2 Å². The van der Waals surface area contributed by atoms with Gasteiger partial charge < -0.3 is 41.0 Å². The first-order valence-corrected chi connectivity index (χ1v) is 15.7. The molecule has 3 rings (SSSR count). The zero-order valence-electron chi connectivity index (χ0n) is 24.3. The van der Waals surface area contributed by atoms with Gasteiger partial charge in [0, 0.05) is 25.0 Å². The highest BCUT2D eigenvalue weighted by atomic mass is 79.9. The van der Waals surface area contributed by atoms with Crippen LogP contribution in [0.15, 0.2) is 52.0 Å². The Morgan fingerprint density at radius 1 is 0.955 bits per heavy atom. The fourth-order valence-corrected chi connectivity index (χ4v) is 4.87. The van der Waals surface area contributed by atoms with Crippen LogP contribution in [0.25, 0.3) is 0 Å². The molecule has 0 spiro atoms. The first kappa shape index (κ1) is 35.4. The van der Waals surface area contributed by atoms with Crippen molar-refractivity contribution in [2.45, 2.75) is 11.8 Å². The Kier molecular flexibility index (Phi) is 15.5. The summed E-state index contributed by atoms with van der Waals surface area (Å²) in [6.07, 6.45) is 1.51. The second kappa shape index (κ2) is 19.3. The van der Waals surface area contributed by atoms with Crippen molar-refractivity contribution in [3.8, 4) is 0 Å². The summed E-state index contributed by atoms with van der Waals surface area (Å²) < 4.78 is 51.8. The summed E-state index contributed by atoms with van der Waals surface area (Å²) in [5.74, 6) is -1.12. The van der Waals surface area contributed by atoms with Crippen molar-refractivity contribution in [1.82, 2.24) is 14.7 Å². The second-order valence-electron chi connectivity index (χ2n) is 9.04. The van der Waals surface area contributed by atoms with Gasteiger partial charge in [0.1, 0.15) is 22.6 Å². The lowest BCUT2D eigenvalue weighted by atomic mass is 10.1. The molecule has 44 heavy (non-hydrogen) atoms. The molecular weight excluding hydrogens is 661 g/mol. The van der Waals surface area contributed by atoms with E-state index in [1.807, 2.05) is 6.92 Å². The molecule has 2 aromatic carbocycles. The molecule has 0 aliphatic heterocycles. The number of anilines is 4. The maximum atomic E-state index is 14.2. The van der Waals surface area contributed by atoms with E-state index < -0.39 is 22.7 Å². The van der Waals surface area contributed by atoms with Crippen molar-refractivity contribution in [3.05, 3.63) is 64.0 Å². The number of amides is 1. The molecule has 13 nitrogen and oxygen atoms in total. The first-order valence-electron chi connectivity index (χ1n) is 13.7. The number of carbonyl (C=O) groups is 1. The van der Waals surface area contributed by atoms with Crippen molar-refractivity contribution < 1.29 is 32.3 Å². The molecule has 1 unspecified atom stereocenters. The van der Waals surface area contributed by atoms with Crippen molar-refractivity contribution in [1.29, 1.82) is 0 Å². The zero-order chi connectivity index (χ0) is 31.7. The van der Waals surface area contributed by atoms with Crippen LogP contribution in [0.1, 0.15) is 15.9 Å². The Labute approximate surface area is 266 Å². The summed E-state index contributed by atoms with van der Waals surface area (Å²) in [4.78, 5) is 21.0. The lowest BCUT2D eigenvalue weighted by Crippen LogP contribution is -2.23. The number of hydrogen-bond donors (Lipinski definition) is 5. The van der Waals surface area contributed by atoms with Gasteiger partial charge in [-0.25, -0.2) is 18.3 Å². The van der Waals surface area contributed by atoms with Crippen molar-refractivity contribution in [2.75, 3.05) is 76.6 Å². The Morgan fingerprint density at radius 3 is 2.25 bits per heavy atom. The number of ether oxygens (including phenoxy) is 4. The average Bonchev–Trinajstić information content (AvgIpc) is 2.99. The highest BCUT2D eigenvalue weighted by Gasteiger charge is 2.16. The van der Waals surface area contributed by atoms with E-state index in [0.717, 1.165) is 11.6 Å². The quantitative estimate of drug-likeness (QED) is 0.103. The molecule has 240 valence electrons. The van der Waals surface area contributed by atoms with Crippen LogP contribution in [0.5, 0.6) is 0 Å². The summed E-state index contributed by atoms with van der Waals surface area (Å²) in [6.45, 7) is 6.44. The van der Waals surface area contributed by atoms with Gasteiger partial charge in [0.15, 0.2) is 0 Å². The summed E-state index contributed by atoms with van der Waals surface area (Å²) in [6, 6.07) is 9.40. The van der Waals surface area contributed by atoms with Crippen LogP contribution < -0.4 is 26.8 Å². The summed E-state index contributed by atoms with van der Waals surface area (Å²) >= 11 is 3.36. The van der Waals surface area contributed by atoms with Gasteiger partial charge in [0.25, 0.3) is 5.91 Å². The first-order chi connectivity index (χ1) is 21.3. The number of benzene rings is 2. The number of rotatable bonds is 21. The van der Waals surface area contributed by atoms with E-state index in [2.05, 4.69) is 41.3 Å². The fraction of sp³-hybridized carbons (Fsp3) is 0.393. The third kappa shape index (κ3) is 11.8. The van der Waals surface area contributed by atoms with E-state index in [-0.39, 0.29) is 17.2 Å². The largest absolute Gasteiger partial charge is 0.378 e. The molecule has 3 aromatic rings. The second-order valence-corrected chi connectivity index (χ2v) is 11.2. The molecule has 0 saturated carbocycles. The minimum absolute atomic E-state index is 0.166. The van der Waals surface area contributed by atoms with Gasteiger partial charge in [0.2, 0.25) is 5.95 Å². The van der Waals surface area contributed by atoms with Crippen molar-refractivity contribution >= 4 is 56.0 Å². The van der Waals surface area contributed by atoms with E-state index in [0.29, 0.717) is 86.8 Å². The van der Waals surface area contributed by atoms with Crippen LogP contribution in [0, 0.1) is 12.7 Å². The van der Waals surface area contributed by atoms with Gasteiger partial charge in [-0.05, 0) is 58.7 Å². The number of hydrogen-bond acceptors (Lipinski definition) is 11. The smallest absolute Gasteiger partial charge is 0.253 e. The van der Waals surface area contributed by atoms with Crippen LogP contribution in [0.3, 0.4) is 0 Å². The van der Waals surface area contributed by atoms with Gasteiger partial charge in [0.05, 0.1) is 73.5 Å². The lowest BCUT2D eigenvalue weighted by molar-refractivity contribution is -0.000330. The molecule has 0 aliphatic carbocycles. The van der Waals surface area contributed by atoms with E-state index in [1.165, 1.54) is 18.3 Å². The number of aryl methyl sites for hydroxylation is 1. The normalized spacial score (nSPS) is 11.8. The lowest BCUT2D eigenvalue weighted by Gasteiger charge is -2.14.